The lowest BCUT2D eigenvalue weighted by Gasteiger charge is -2.02. The molecule has 2 heterocycles. The molecule has 25 heavy (non-hydrogen) atoms. The number of aromatic nitrogens is 3. The van der Waals surface area contributed by atoms with Crippen LogP contribution in [0.4, 0.5) is 13.9 Å². The van der Waals surface area contributed by atoms with Gasteiger partial charge in [0.05, 0.1) is 22.8 Å². The molecule has 0 saturated carbocycles. The van der Waals surface area contributed by atoms with Gasteiger partial charge < -0.3 is 9.84 Å². The summed E-state index contributed by atoms with van der Waals surface area (Å²) in [4.78, 5) is 20.0. The van der Waals surface area contributed by atoms with Crippen LogP contribution in [0, 0.1) is 18.6 Å². The zero-order chi connectivity index (χ0) is 17.8. The fraction of sp³-hybridized carbons (Fsp3) is 0.200. The van der Waals surface area contributed by atoms with Crippen molar-refractivity contribution in [1.82, 2.24) is 15.1 Å². The van der Waals surface area contributed by atoms with Crippen LogP contribution < -0.4 is 5.32 Å². The molecule has 0 aliphatic heterocycles. The Morgan fingerprint density at radius 1 is 1.32 bits per heavy atom. The van der Waals surface area contributed by atoms with Crippen molar-refractivity contribution in [2.45, 2.75) is 12.7 Å². The molecule has 1 amide bonds. The normalized spacial score (nSPS) is 10.8. The van der Waals surface area contributed by atoms with Crippen molar-refractivity contribution in [3.8, 4) is 11.3 Å². The zero-order valence-corrected chi connectivity index (χ0v) is 14.6. The third kappa shape index (κ3) is 4.40. The summed E-state index contributed by atoms with van der Waals surface area (Å²) in [6, 6.07) is 3.60. The van der Waals surface area contributed by atoms with Gasteiger partial charge in [0.15, 0.2) is 11.0 Å². The summed E-state index contributed by atoms with van der Waals surface area (Å²) < 4.78 is 32.3. The quantitative estimate of drug-likeness (QED) is 0.701. The maximum Gasteiger partial charge on any atom is 0.236 e. The third-order valence-corrected chi connectivity index (χ3v) is 4.69. The molecule has 3 rings (SSSR count). The van der Waals surface area contributed by atoms with Gasteiger partial charge in [0.25, 0.3) is 0 Å². The molecule has 1 aromatic carbocycles. The molecule has 0 fully saturated rings. The van der Waals surface area contributed by atoms with E-state index in [-0.39, 0.29) is 28.0 Å². The first-order valence-electron chi connectivity index (χ1n) is 7.09. The van der Waals surface area contributed by atoms with E-state index in [0.717, 1.165) is 23.5 Å². The van der Waals surface area contributed by atoms with Crippen molar-refractivity contribution in [3.63, 3.8) is 0 Å². The SMILES string of the molecule is Cc1nc(CSCC(=O)Nc2nc(-c3c(F)cccc3F)cs2)no1. The van der Waals surface area contributed by atoms with Crippen LogP contribution in [-0.2, 0) is 10.5 Å². The summed E-state index contributed by atoms with van der Waals surface area (Å²) in [7, 11) is 0. The van der Waals surface area contributed by atoms with Crippen LogP contribution in [0.5, 0.6) is 0 Å². The summed E-state index contributed by atoms with van der Waals surface area (Å²) in [6.45, 7) is 1.69. The second-order valence-electron chi connectivity index (χ2n) is 4.91. The highest BCUT2D eigenvalue weighted by molar-refractivity contribution is 7.99. The van der Waals surface area contributed by atoms with Crippen molar-refractivity contribution >= 4 is 34.1 Å². The average molecular weight is 382 g/mol. The molecular weight excluding hydrogens is 370 g/mol. The molecule has 0 radical (unpaired) electrons. The molecule has 10 heteroatoms. The van der Waals surface area contributed by atoms with E-state index in [1.807, 2.05) is 0 Å². The highest BCUT2D eigenvalue weighted by atomic mass is 32.2. The lowest BCUT2D eigenvalue weighted by Crippen LogP contribution is -2.14. The average Bonchev–Trinajstić information content (AvgIpc) is 3.17. The Morgan fingerprint density at radius 2 is 2.08 bits per heavy atom. The third-order valence-electron chi connectivity index (χ3n) is 3.00. The second kappa shape index (κ2) is 7.70. The van der Waals surface area contributed by atoms with E-state index in [1.54, 1.807) is 6.92 Å². The second-order valence-corrected chi connectivity index (χ2v) is 6.75. The number of hydrogen-bond donors (Lipinski definition) is 1. The van der Waals surface area contributed by atoms with Crippen LogP contribution >= 0.6 is 23.1 Å². The number of carbonyl (C=O) groups excluding carboxylic acids is 1. The van der Waals surface area contributed by atoms with Gasteiger partial charge in [-0.05, 0) is 12.1 Å². The predicted molar refractivity (Wildman–Crippen MR) is 91.3 cm³/mol. The smallest absolute Gasteiger partial charge is 0.236 e. The maximum absolute atomic E-state index is 13.8. The van der Waals surface area contributed by atoms with Gasteiger partial charge in [0.2, 0.25) is 11.8 Å². The van der Waals surface area contributed by atoms with Crippen LogP contribution in [0.1, 0.15) is 11.7 Å². The van der Waals surface area contributed by atoms with E-state index in [2.05, 4.69) is 20.4 Å². The van der Waals surface area contributed by atoms with Crippen LogP contribution in [0.25, 0.3) is 11.3 Å². The monoisotopic (exact) mass is 382 g/mol. The zero-order valence-electron chi connectivity index (χ0n) is 13.0. The van der Waals surface area contributed by atoms with Crippen LogP contribution in [0.3, 0.4) is 0 Å². The van der Waals surface area contributed by atoms with Gasteiger partial charge in [-0.2, -0.15) is 4.98 Å². The number of carbonyl (C=O) groups is 1. The van der Waals surface area contributed by atoms with Crippen molar-refractivity contribution in [2.75, 3.05) is 11.1 Å². The molecule has 3 aromatic rings. The molecule has 0 unspecified atom stereocenters. The molecule has 0 aliphatic carbocycles. The molecule has 130 valence electrons. The molecule has 0 spiro atoms. The number of hydrogen-bond acceptors (Lipinski definition) is 7. The standard InChI is InChI=1S/C15H12F2N4O2S2/c1-8-18-12(21-23-8)6-24-7-13(22)20-15-19-11(5-25-15)14-9(16)3-2-4-10(14)17/h2-5H,6-7H2,1H3,(H,19,20,22). The minimum Gasteiger partial charge on any atom is -0.340 e. The van der Waals surface area contributed by atoms with Gasteiger partial charge in [-0.25, -0.2) is 13.8 Å². The van der Waals surface area contributed by atoms with Crippen LogP contribution in [-0.4, -0.2) is 26.8 Å². The van der Waals surface area contributed by atoms with E-state index >= 15 is 0 Å². The molecular formula is C15H12F2N4O2S2. The number of benzene rings is 1. The van der Waals surface area contributed by atoms with Gasteiger partial charge in [-0.1, -0.05) is 11.2 Å². The van der Waals surface area contributed by atoms with Gasteiger partial charge in [-0.15, -0.1) is 23.1 Å². The van der Waals surface area contributed by atoms with Crippen molar-refractivity contribution in [1.29, 1.82) is 0 Å². The van der Waals surface area contributed by atoms with E-state index in [9.17, 15) is 13.6 Å². The first-order chi connectivity index (χ1) is 12.0. The molecule has 0 aliphatic rings. The summed E-state index contributed by atoms with van der Waals surface area (Å²) in [6.07, 6.45) is 0. The molecule has 2 aromatic heterocycles. The number of halogens is 2. The Hall–Kier alpha value is -2.33. The number of thiazole rings is 1. The Balaban J connectivity index is 1.57. The molecule has 1 N–H and O–H groups in total. The van der Waals surface area contributed by atoms with E-state index in [0.29, 0.717) is 17.5 Å². The maximum atomic E-state index is 13.8. The van der Waals surface area contributed by atoms with Crippen molar-refractivity contribution in [2.24, 2.45) is 0 Å². The van der Waals surface area contributed by atoms with Gasteiger partial charge in [0, 0.05) is 12.3 Å². The summed E-state index contributed by atoms with van der Waals surface area (Å²) in [5.41, 5.74) is -0.0630. The predicted octanol–water partition coefficient (Wildman–Crippen LogP) is 3.65. The Bertz CT molecular complexity index is 877. The van der Waals surface area contributed by atoms with E-state index in [4.69, 9.17) is 4.52 Å². The fourth-order valence-corrected chi connectivity index (χ4v) is 3.36. The molecule has 6 nitrogen and oxygen atoms in total. The minimum absolute atomic E-state index is 0.144. The highest BCUT2D eigenvalue weighted by Crippen LogP contribution is 2.29. The lowest BCUT2D eigenvalue weighted by molar-refractivity contribution is -0.113. The highest BCUT2D eigenvalue weighted by Gasteiger charge is 2.15. The largest absolute Gasteiger partial charge is 0.340 e. The van der Waals surface area contributed by atoms with Gasteiger partial charge in [0.1, 0.15) is 11.6 Å². The summed E-state index contributed by atoms with van der Waals surface area (Å²) in [5, 5.41) is 8.10. The lowest BCUT2D eigenvalue weighted by atomic mass is 10.1. The van der Waals surface area contributed by atoms with E-state index < -0.39 is 11.6 Å². The fourth-order valence-electron chi connectivity index (χ4n) is 1.98. The Kier molecular flexibility index (Phi) is 5.39. The summed E-state index contributed by atoms with van der Waals surface area (Å²) >= 11 is 2.41. The number of nitrogens with zero attached hydrogens (tertiary/aromatic N) is 3. The number of rotatable bonds is 6. The first-order valence-corrected chi connectivity index (χ1v) is 9.13. The van der Waals surface area contributed by atoms with Gasteiger partial charge >= 0.3 is 0 Å². The number of nitrogens with one attached hydrogen (secondary N) is 1. The molecule has 0 saturated heterocycles. The number of amides is 1. The Labute approximate surface area is 149 Å². The molecule has 0 atom stereocenters. The number of thioether (sulfide) groups is 1. The van der Waals surface area contributed by atoms with Crippen molar-refractivity contribution in [3.05, 3.63) is 46.9 Å². The topological polar surface area (TPSA) is 80.9 Å². The minimum atomic E-state index is -0.700. The van der Waals surface area contributed by atoms with Crippen LogP contribution in [0.2, 0.25) is 0 Å². The van der Waals surface area contributed by atoms with Gasteiger partial charge in [-0.3, -0.25) is 4.79 Å². The first kappa shape index (κ1) is 17.5. The van der Waals surface area contributed by atoms with E-state index in [1.165, 1.54) is 23.2 Å². The van der Waals surface area contributed by atoms with Crippen molar-refractivity contribution < 1.29 is 18.1 Å². The number of aryl methyl sites for hydroxylation is 1. The Morgan fingerprint density at radius 3 is 2.76 bits per heavy atom. The molecule has 0 bridgehead atoms. The summed E-state index contributed by atoms with van der Waals surface area (Å²) in [5.74, 6) is -0.0915. The number of anilines is 1. The van der Waals surface area contributed by atoms with Crippen LogP contribution in [0.15, 0.2) is 28.1 Å².